The molecule has 1 aromatic rings. The van der Waals surface area contributed by atoms with E-state index in [1.54, 1.807) is 24.6 Å². The molecule has 0 bridgehead atoms. The van der Waals surface area contributed by atoms with Crippen LogP contribution in [0.2, 0.25) is 0 Å². The highest BCUT2D eigenvalue weighted by Crippen LogP contribution is 2.11. The lowest BCUT2D eigenvalue weighted by Crippen LogP contribution is -2.06. The quantitative estimate of drug-likeness (QED) is 0.759. The number of hydrogen-bond acceptors (Lipinski definition) is 3. The van der Waals surface area contributed by atoms with Crippen LogP contribution in [0.3, 0.4) is 0 Å². The van der Waals surface area contributed by atoms with Crippen molar-refractivity contribution in [3.63, 3.8) is 0 Å². The molecule has 1 N–H and O–H groups in total. The van der Waals surface area contributed by atoms with Gasteiger partial charge in [-0.2, -0.15) is 0 Å². The average Bonchev–Trinajstić information content (AvgIpc) is 2.55. The lowest BCUT2D eigenvalue weighted by molar-refractivity contribution is 0.0590. The summed E-state index contributed by atoms with van der Waals surface area (Å²) in [6.45, 7) is 1.75. The second-order valence-corrected chi connectivity index (χ2v) is 3.72. The van der Waals surface area contributed by atoms with Gasteiger partial charge in [-0.1, -0.05) is 0 Å². The van der Waals surface area contributed by atoms with E-state index in [2.05, 4.69) is 4.74 Å². The first-order chi connectivity index (χ1) is 7.04. The maximum absolute atomic E-state index is 11.3. The number of aryl methyl sites for hydroxylation is 2. The van der Waals surface area contributed by atoms with Crippen LogP contribution in [0.4, 0.5) is 0 Å². The number of aromatic nitrogens is 1. The number of esters is 1. The van der Waals surface area contributed by atoms with Crippen LogP contribution in [0.5, 0.6) is 0 Å². The van der Waals surface area contributed by atoms with Crippen molar-refractivity contribution in [3.8, 4) is 0 Å². The Bertz CT molecular complexity index is 342. The van der Waals surface area contributed by atoms with Crippen LogP contribution < -0.4 is 0 Å². The van der Waals surface area contributed by atoms with E-state index in [0.717, 1.165) is 12.0 Å². The molecule has 0 unspecified atom stereocenters. The Morgan fingerprint density at radius 1 is 1.67 bits per heavy atom. The zero-order valence-electron chi connectivity index (χ0n) is 9.36. The van der Waals surface area contributed by atoms with Crippen LogP contribution in [0.15, 0.2) is 12.3 Å². The van der Waals surface area contributed by atoms with Gasteiger partial charge in [-0.3, -0.25) is 0 Å². The van der Waals surface area contributed by atoms with Gasteiger partial charge in [-0.25, -0.2) is 4.79 Å². The third-order valence-corrected chi connectivity index (χ3v) is 2.31. The van der Waals surface area contributed by atoms with E-state index >= 15 is 0 Å². The predicted octanol–water partition coefficient (Wildman–Crippen LogP) is 1.13. The largest absolute Gasteiger partial charge is 0.464 e. The Kier molecular flexibility index (Phi) is 3.91. The van der Waals surface area contributed by atoms with Gasteiger partial charge in [-0.05, 0) is 31.4 Å². The van der Waals surface area contributed by atoms with Crippen LogP contribution in [0, 0.1) is 0 Å². The standard InChI is InChI=1S/C11H17NO3/c1-8(13)4-5-9-6-10(11(14)15-3)12(2)7-9/h6-8,13H,4-5H2,1-3H3/t8-/m1/s1. The van der Waals surface area contributed by atoms with E-state index in [1.807, 2.05) is 6.20 Å². The van der Waals surface area contributed by atoms with Gasteiger partial charge in [0.2, 0.25) is 0 Å². The second kappa shape index (κ2) is 4.98. The molecule has 84 valence electrons. The molecule has 0 saturated carbocycles. The van der Waals surface area contributed by atoms with Gasteiger partial charge in [0.1, 0.15) is 5.69 Å². The molecule has 0 saturated heterocycles. The minimum Gasteiger partial charge on any atom is -0.464 e. The van der Waals surface area contributed by atoms with Gasteiger partial charge in [-0.15, -0.1) is 0 Å². The molecule has 4 nitrogen and oxygen atoms in total. The maximum atomic E-state index is 11.3. The molecule has 0 aliphatic carbocycles. The normalized spacial score (nSPS) is 12.5. The Hall–Kier alpha value is -1.29. The molecular weight excluding hydrogens is 194 g/mol. The molecular formula is C11H17NO3. The molecule has 0 aromatic carbocycles. The number of aliphatic hydroxyl groups excluding tert-OH is 1. The fourth-order valence-electron chi connectivity index (χ4n) is 1.45. The zero-order chi connectivity index (χ0) is 11.4. The van der Waals surface area contributed by atoms with E-state index < -0.39 is 0 Å². The molecule has 0 amide bonds. The number of carbonyl (C=O) groups excluding carboxylic acids is 1. The van der Waals surface area contributed by atoms with Crippen molar-refractivity contribution in [3.05, 3.63) is 23.5 Å². The fourth-order valence-corrected chi connectivity index (χ4v) is 1.45. The van der Waals surface area contributed by atoms with Crippen molar-refractivity contribution in [2.24, 2.45) is 7.05 Å². The number of nitrogens with zero attached hydrogens (tertiary/aromatic N) is 1. The van der Waals surface area contributed by atoms with E-state index in [-0.39, 0.29) is 12.1 Å². The highest BCUT2D eigenvalue weighted by Gasteiger charge is 2.11. The van der Waals surface area contributed by atoms with Gasteiger partial charge < -0.3 is 14.4 Å². The maximum Gasteiger partial charge on any atom is 0.354 e. The van der Waals surface area contributed by atoms with E-state index in [9.17, 15) is 4.79 Å². The molecule has 0 aliphatic rings. The SMILES string of the molecule is COC(=O)c1cc(CC[C@@H](C)O)cn1C. The van der Waals surface area contributed by atoms with Crippen molar-refractivity contribution < 1.29 is 14.6 Å². The molecule has 0 spiro atoms. The van der Waals surface area contributed by atoms with Gasteiger partial charge in [0.05, 0.1) is 13.2 Å². The Morgan fingerprint density at radius 2 is 2.33 bits per heavy atom. The summed E-state index contributed by atoms with van der Waals surface area (Å²) in [6.07, 6.45) is 3.04. The van der Waals surface area contributed by atoms with Gasteiger partial charge in [0.15, 0.2) is 0 Å². The lowest BCUT2D eigenvalue weighted by Gasteiger charge is -2.00. The van der Waals surface area contributed by atoms with Crippen molar-refractivity contribution in [1.82, 2.24) is 4.57 Å². The smallest absolute Gasteiger partial charge is 0.354 e. The minimum atomic E-state index is -0.333. The van der Waals surface area contributed by atoms with E-state index in [0.29, 0.717) is 12.1 Å². The topological polar surface area (TPSA) is 51.5 Å². The van der Waals surface area contributed by atoms with Gasteiger partial charge in [0, 0.05) is 13.2 Å². The molecule has 1 atom stereocenters. The zero-order valence-corrected chi connectivity index (χ0v) is 9.36. The molecule has 1 rings (SSSR count). The van der Waals surface area contributed by atoms with Crippen LogP contribution >= 0.6 is 0 Å². The third kappa shape index (κ3) is 3.09. The summed E-state index contributed by atoms with van der Waals surface area (Å²) < 4.78 is 6.39. The molecule has 4 heteroatoms. The number of rotatable bonds is 4. The van der Waals surface area contributed by atoms with Crippen LogP contribution in [0.1, 0.15) is 29.4 Å². The number of methoxy groups -OCH3 is 1. The van der Waals surface area contributed by atoms with E-state index in [4.69, 9.17) is 5.11 Å². The molecule has 15 heavy (non-hydrogen) atoms. The lowest BCUT2D eigenvalue weighted by atomic mass is 10.1. The van der Waals surface area contributed by atoms with Crippen LogP contribution in [-0.2, 0) is 18.2 Å². The first-order valence-electron chi connectivity index (χ1n) is 4.96. The summed E-state index contributed by atoms with van der Waals surface area (Å²) in [5.74, 6) is -0.333. The van der Waals surface area contributed by atoms with Crippen LogP contribution in [0.25, 0.3) is 0 Å². The summed E-state index contributed by atoms with van der Waals surface area (Å²) in [6, 6.07) is 1.80. The van der Waals surface area contributed by atoms with Crippen molar-refractivity contribution in [1.29, 1.82) is 0 Å². The molecule has 1 aromatic heterocycles. The predicted molar refractivity (Wildman–Crippen MR) is 56.8 cm³/mol. The number of aliphatic hydroxyl groups is 1. The molecule has 0 fully saturated rings. The summed E-state index contributed by atoms with van der Waals surface area (Å²) >= 11 is 0. The monoisotopic (exact) mass is 211 g/mol. The van der Waals surface area contributed by atoms with Crippen molar-refractivity contribution >= 4 is 5.97 Å². The highest BCUT2D eigenvalue weighted by molar-refractivity contribution is 5.87. The Morgan fingerprint density at radius 3 is 2.87 bits per heavy atom. The molecule has 0 radical (unpaired) electrons. The molecule has 0 aliphatic heterocycles. The van der Waals surface area contributed by atoms with Gasteiger partial charge in [0.25, 0.3) is 0 Å². The van der Waals surface area contributed by atoms with Crippen LogP contribution in [-0.4, -0.2) is 28.9 Å². The Balaban J connectivity index is 2.72. The number of ether oxygens (including phenoxy) is 1. The Labute approximate surface area is 89.5 Å². The fraction of sp³-hybridized carbons (Fsp3) is 0.545. The highest BCUT2D eigenvalue weighted by atomic mass is 16.5. The number of hydrogen-bond donors (Lipinski definition) is 1. The number of carbonyl (C=O) groups is 1. The first-order valence-corrected chi connectivity index (χ1v) is 4.96. The van der Waals surface area contributed by atoms with Crippen molar-refractivity contribution in [2.45, 2.75) is 25.9 Å². The molecule has 1 heterocycles. The summed E-state index contributed by atoms with van der Waals surface area (Å²) in [4.78, 5) is 11.3. The summed E-state index contributed by atoms with van der Waals surface area (Å²) in [5, 5.41) is 9.15. The third-order valence-electron chi connectivity index (χ3n) is 2.31. The van der Waals surface area contributed by atoms with E-state index in [1.165, 1.54) is 7.11 Å². The first kappa shape index (κ1) is 11.8. The van der Waals surface area contributed by atoms with Gasteiger partial charge >= 0.3 is 5.97 Å². The summed E-state index contributed by atoms with van der Waals surface area (Å²) in [5.41, 5.74) is 1.58. The minimum absolute atomic E-state index is 0.313. The summed E-state index contributed by atoms with van der Waals surface area (Å²) in [7, 11) is 3.17. The second-order valence-electron chi connectivity index (χ2n) is 3.72. The van der Waals surface area contributed by atoms with Crippen molar-refractivity contribution in [2.75, 3.05) is 7.11 Å². The average molecular weight is 211 g/mol.